The highest BCUT2D eigenvalue weighted by Gasteiger charge is 2.53. The van der Waals surface area contributed by atoms with Crippen molar-refractivity contribution in [2.45, 2.75) is 56.7 Å². The van der Waals surface area contributed by atoms with Crippen LogP contribution in [0.5, 0.6) is 0 Å². The third-order valence-electron chi connectivity index (χ3n) is 6.47. The predicted octanol–water partition coefficient (Wildman–Crippen LogP) is 1.65. The molecule has 2 unspecified atom stereocenters. The molecule has 1 saturated carbocycles. The first-order valence-corrected chi connectivity index (χ1v) is 11.2. The number of likely N-dealkylation sites (N-methyl/N-ethyl adjacent to an activating group) is 2. The zero-order chi connectivity index (χ0) is 22.0. The highest BCUT2D eigenvalue weighted by Crippen LogP contribution is 2.21. The Labute approximate surface area is 195 Å². The van der Waals surface area contributed by atoms with Gasteiger partial charge in [0.25, 0.3) is 17.8 Å². The summed E-state index contributed by atoms with van der Waals surface area (Å²) in [7, 11) is 3.13. The van der Waals surface area contributed by atoms with Gasteiger partial charge in [0.1, 0.15) is 12.6 Å². The molecule has 0 spiro atoms. The van der Waals surface area contributed by atoms with Crippen molar-refractivity contribution < 1.29 is 19.3 Å². The molecule has 174 valence electrons. The number of benzene rings is 1. The molecule has 2 fully saturated rings. The van der Waals surface area contributed by atoms with Crippen LogP contribution in [0.25, 0.3) is 0 Å². The molecule has 1 saturated heterocycles. The molecule has 9 heteroatoms. The summed E-state index contributed by atoms with van der Waals surface area (Å²) in [5, 5.41) is 14.3. The molecule has 8 nitrogen and oxygen atoms in total. The summed E-state index contributed by atoms with van der Waals surface area (Å²) < 4.78 is 1.87. The number of nitrogens with one attached hydrogen (secondary N) is 1. The van der Waals surface area contributed by atoms with E-state index in [1.54, 1.807) is 7.05 Å². The minimum absolute atomic E-state index is 0. The van der Waals surface area contributed by atoms with Crippen molar-refractivity contribution >= 4 is 36.0 Å². The average molecular weight is 463 g/mol. The number of imide groups is 1. The molecule has 0 radical (unpaired) electrons. The largest absolute Gasteiger partial charge is 0.388 e. The molecule has 1 aromatic rings. The minimum Gasteiger partial charge on any atom is -0.388 e. The van der Waals surface area contributed by atoms with Gasteiger partial charge >= 0.3 is 11.9 Å². The zero-order valence-electron chi connectivity index (χ0n) is 18.7. The van der Waals surface area contributed by atoms with Crippen LogP contribution in [0.1, 0.15) is 37.7 Å². The number of hydrogen-bond donors (Lipinski definition) is 2. The van der Waals surface area contributed by atoms with Crippen molar-refractivity contribution in [3.05, 3.63) is 35.9 Å². The lowest BCUT2D eigenvalue weighted by molar-refractivity contribution is -0.544. The summed E-state index contributed by atoms with van der Waals surface area (Å²) in [5.41, 5.74) is 1.06. The van der Waals surface area contributed by atoms with E-state index in [2.05, 4.69) is 5.32 Å². The number of aliphatic hydroxyl groups is 1. The molecule has 2 heterocycles. The number of β-amino-alcohol motifs (C(OH)–C–C–N with tert-alkyl or cyclic N) is 1. The molecule has 0 aromatic heterocycles. The lowest BCUT2D eigenvalue weighted by Crippen LogP contribution is -2.62. The Morgan fingerprint density at radius 2 is 1.81 bits per heavy atom. The fourth-order valence-electron chi connectivity index (χ4n) is 4.68. The van der Waals surface area contributed by atoms with Crippen LogP contribution in [-0.4, -0.2) is 88.5 Å². The first-order chi connectivity index (χ1) is 15.0. The second-order valence-electron chi connectivity index (χ2n) is 8.74. The quantitative estimate of drug-likeness (QED) is 0.603. The van der Waals surface area contributed by atoms with Crippen molar-refractivity contribution in [2.24, 2.45) is 4.99 Å². The second-order valence-corrected chi connectivity index (χ2v) is 8.74. The van der Waals surface area contributed by atoms with E-state index in [9.17, 15) is 14.7 Å². The maximum atomic E-state index is 13.0. The van der Waals surface area contributed by atoms with Gasteiger partial charge in [0.2, 0.25) is 0 Å². The summed E-state index contributed by atoms with van der Waals surface area (Å²) >= 11 is 0. The highest BCUT2D eigenvalue weighted by atomic mass is 35.5. The topological polar surface area (TPSA) is 88.2 Å². The van der Waals surface area contributed by atoms with Gasteiger partial charge in [-0.05, 0) is 23.4 Å². The van der Waals surface area contributed by atoms with Crippen LogP contribution < -0.4 is 5.32 Å². The molecule has 2 N–H and O–H groups in total. The van der Waals surface area contributed by atoms with Crippen LogP contribution in [-0.2, 0) is 11.2 Å². The number of nitrogens with zero attached hydrogens (tertiary/aromatic N) is 4. The molecule has 2 atom stereocenters. The van der Waals surface area contributed by atoms with Crippen LogP contribution in [0.4, 0.5) is 4.79 Å². The SMILES string of the molecule is CN1C(=O)C2C(=NC(Cc3ccccc3)=[N+]2CC(O)CNC2CCCCC2)N(C)C1=O.Cl. The van der Waals surface area contributed by atoms with Crippen molar-refractivity contribution in [2.75, 3.05) is 27.2 Å². The van der Waals surface area contributed by atoms with Gasteiger partial charge in [0.15, 0.2) is 0 Å². The Morgan fingerprint density at radius 1 is 1.12 bits per heavy atom. The van der Waals surface area contributed by atoms with Gasteiger partial charge in [0.05, 0.1) is 6.42 Å². The van der Waals surface area contributed by atoms with Crippen LogP contribution in [0.2, 0.25) is 0 Å². The van der Waals surface area contributed by atoms with Gasteiger partial charge in [-0.2, -0.15) is 0 Å². The smallest absolute Gasteiger partial charge is 0.333 e. The Bertz CT molecular complexity index is 898. The molecule has 2 aliphatic heterocycles. The number of carbonyl (C=O) groups excluding carboxylic acids is 2. The summed E-state index contributed by atoms with van der Waals surface area (Å²) in [4.78, 5) is 32.7. The van der Waals surface area contributed by atoms with Gasteiger partial charge in [-0.25, -0.2) is 9.37 Å². The Balaban J connectivity index is 0.00000289. The monoisotopic (exact) mass is 462 g/mol. The number of carbonyl (C=O) groups is 2. The standard InChI is InChI=1S/C23H32N5O3.ClH/c1-26-21-20(22(30)27(2)23(26)31)28(19(25-21)13-16-9-5-3-6-10-16)15-18(29)14-24-17-11-7-4-8-12-17;/h3,5-6,9-10,17-18,20,24,29H,4,7-8,11-15H2,1-2H3;1H/q+1;. The number of hydrogen-bond acceptors (Lipinski definition) is 5. The van der Waals surface area contributed by atoms with E-state index < -0.39 is 12.1 Å². The number of urea groups is 1. The summed E-state index contributed by atoms with van der Waals surface area (Å²) in [6.07, 6.45) is 5.92. The van der Waals surface area contributed by atoms with Crippen LogP contribution in [0.15, 0.2) is 35.3 Å². The molecule has 3 amide bonds. The first kappa shape index (κ1) is 24.4. The number of halogens is 1. The molecular formula is C23H33ClN5O3+. The number of aliphatic imine (C=N–C) groups is 1. The lowest BCUT2D eigenvalue weighted by Gasteiger charge is -2.31. The molecule has 32 heavy (non-hydrogen) atoms. The second kappa shape index (κ2) is 10.6. The number of rotatable bonds is 7. The van der Waals surface area contributed by atoms with E-state index in [-0.39, 0.29) is 30.9 Å². The number of aliphatic hydroxyl groups excluding tert-OH is 1. The summed E-state index contributed by atoms with van der Waals surface area (Å²) in [6, 6.07) is 9.29. The maximum Gasteiger partial charge on any atom is 0.333 e. The van der Waals surface area contributed by atoms with E-state index in [1.165, 1.54) is 31.2 Å². The molecule has 1 aliphatic carbocycles. The average Bonchev–Trinajstić information content (AvgIpc) is 3.14. The van der Waals surface area contributed by atoms with E-state index in [0.29, 0.717) is 30.7 Å². The number of fused-ring (bicyclic) bond motifs is 1. The molecule has 4 rings (SSSR count). The third-order valence-corrected chi connectivity index (χ3v) is 6.47. The molecule has 3 aliphatic rings. The minimum atomic E-state index is -0.684. The van der Waals surface area contributed by atoms with Gasteiger partial charge < -0.3 is 10.4 Å². The van der Waals surface area contributed by atoms with Gasteiger partial charge in [-0.15, -0.1) is 12.4 Å². The van der Waals surface area contributed by atoms with E-state index in [4.69, 9.17) is 4.99 Å². The van der Waals surface area contributed by atoms with Crippen LogP contribution in [0, 0.1) is 0 Å². The Hall–Kier alpha value is -2.29. The van der Waals surface area contributed by atoms with Crippen LogP contribution in [0.3, 0.4) is 0 Å². The maximum absolute atomic E-state index is 13.0. The van der Waals surface area contributed by atoms with E-state index in [0.717, 1.165) is 23.3 Å². The van der Waals surface area contributed by atoms with Crippen LogP contribution >= 0.6 is 12.4 Å². The fourth-order valence-corrected chi connectivity index (χ4v) is 4.68. The Kier molecular flexibility index (Phi) is 8.03. The van der Waals surface area contributed by atoms with E-state index in [1.807, 2.05) is 34.9 Å². The number of amidine groups is 2. The normalized spacial score (nSPS) is 22.6. The molecule has 1 aromatic carbocycles. The third kappa shape index (κ3) is 5.03. The van der Waals surface area contributed by atoms with Gasteiger partial charge in [-0.3, -0.25) is 14.6 Å². The zero-order valence-corrected chi connectivity index (χ0v) is 19.6. The van der Waals surface area contributed by atoms with E-state index >= 15 is 0 Å². The molecule has 0 bridgehead atoms. The fraction of sp³-hybridized carbons (Fsp3) is 0.565. The van der Waals surface area contributed by atoms with Gasteiger partial charge in [-0.1, -0.05) is 49.6 Å². The summed E-state index contributed by atoms with van der Waals surface area (Å²) in [6.45, 7) is 0.752. The summed E-state index contributed by atoms with van der Waals surface area (Å²) in [5.74, 6) is 0.829. The van der Waals surface area contributed by atoms with Gasteiger partial charge in [0, 0.05) is 26.7 Å². The predicted molar refractivity (Wildman–Crippen MR) is 126 cm³/mol. The molecular weight excluding hydrogens is 430 g/mol. The lowest BCUT2D eigenvalue weighted by atomic mass is 9.95. The first-order valence-electron chi connectivity index (χ1n) is 11.2. The Morgan fingerprint density at radius 3 is 2.50 bits per heavy atom. The number of amides is 3. The van der Waals surface area contributed by atoms with Crippen molar-refractivity contribution in [1.29, 1.82) is 0 Å². The van der Waals surface area contributed by atoms with Crippen molar-refractivity contribution in [3.8, 4) is 0 Å². The highest BCUT2D eigenvalue weighted by molar-refractivity contribution is 6.23. The van der Waals surface area contributed by atoms with Crippen molar-refractivity contribution in [1.82, 2.24) is 15.1 Å². The van der Waals surface area contributed by atoms with Crippen molar-refractivity contribution in [3.63, 3.8) is 0 Å².